The van der Waals surface area contributed by atoms with Crippen LogP contribution in [-0.2, 0) is 4.74 Å². The van der Waals surface area contributed by atoms with Gasteiger partial charge in [0, 0.05) is 11.8 Å². The number of aromatic nitrogens is 1. The molecule has 2 rings (SSSR count). The van der Waals surface area contributed by atoms with Crippen molar-refractivity contribution in [1.82, 2.24) is 4.98 Å². The Kier molecular flexibility index (Phi) is 4.76. The molecule has 4 atom stereocenters. The van der Waals surface area contributed by atoms with Crippen LogP contribution < -0.4 is 4.74 Å². The zero-order chi connectivity index (χ0) is 14.7. The van der Waals surface area contributed by atoms with Gasteiger partial charge in [0.2, 0.25) is 0 Å². The van der Waals surface area contributed by atoms with E-state index in [2.05, 4.69) is 11.9 Å². The SMILES string of the molecule is CCCOc1cncc(C(=O)C2C(C)OC(C)C2C)c1. The first-order valence-corrected chi connectivity index (χ1v) is 7.32. The van der Waals surface area contributed by atoms with Crippen LogP contribution in [0.2, 0.25) is 0 Å². The van der Waals surface area contributed by atoms with Gasteiger partial charge in [0.05, 0.1) is 30.9 Å². The van der Waals surface area contributed by atoms with E-state index < -0.39 is 0 Å². The van der Waals surface area contributed by atoms with Crippen LogP contribution in [0.25, 0.3) is 0 Å². The lowest BCUT2D eigenvalue weighted by molar-refractivity contribution is 0.0491. The molecule has 1 saturated heterocycles. The third-order valence-electron chi connectivity index (χ3n) is 4.02. The number of ether oxygens (including phenoxy) is 2. The molecule has 4 nitrogen and oxygen atoms in total. The molecule has 1 aliphatic rings. The molecule has 2 heterocycles. The molecule has 1 aliphatic heterocycles. The Morgan fingerprint density at radius 3 is 2.65 bits per heavy atom. The van der Waals surface area contributed by atoms with E-state index in [0.29, 0.717) is 17.9 Å². The van der Waals surface area contributed by atoms with Gasteiger partial charge in [0.15, 0.2) is 5.78 Å². The summed E-state index contributed by atoms with van der Waals surface area (Å²) < 4.78 is 11.3. The normalized spacial score (nSPS) is 29.4. The molecule has 0 bridgehead atoms. The third-order valence-corrected chi connectivity index (χ3v) is 4.02. The van der Waals surface area contributed by atoms with Crippen molar-refractivity contribution < 1.29 is 14.3 Å². The minimum atomic E-state index is -0.103. The molecule has 0 radical (unpaired) electrons. The van der Waals surface area contributed by atoms with Crippen molar-refractivity contribution in [1.29, 1.82) is 0 Å². The van der Waals surface area contributed by atoms with Crippen molar-refractivity contribution in [3.8, 4) is 5.75 Å². The Morgan fingerprint density at radius 1 is 1.30 bits per heavy atom. The predicted octanol–water partition coefficient (Wildman–Crippen LogP) is 3.11. The molecule has 0 saturated carbocycles. The number of hydrogen-bond donors (Lipinski definition) is 0. The first-order valence-electron chi connectivity index (χ1n) is 7.32. The van der Waals surface area contributed by atoms with Crippen molar-refractivity contribution in [2.45, 2.75) is 46.3 Å². The van der Waals surface area contributed by atoms with Gasteiger partial charge in [-0.25, -0.2) is 0 Å². The monoisotopic (exact) mass is 277 g/mol. The summed E-state index contributed by atoms with van der Waals surface area (Å²) in [5.74, 6) is 0.875. The van der Waals surface area contributed by atoms with E-state index in [-0.39, 0.29) is 29.8 Å². The highest BCUT2D eigenvalue weighted by molar-refractivity contribution is 5.98. The van der Waals surface area contributed by atoms with E-state index in [1.807, 2.05) is 20.8 Å². The number of carbonyl (C=O) groups excluding carboxylic acids is 1. The summed E-state index contributed by atoms with van der Waals surface area (Å²) in [6.07, 6.45) is 4.26. The van der Waals surface area contributed by atoms with Gasteiger partial charge in [0.1, 0.15) is 5.75 Å². The second kappa shape index (κ2) is 6.35. The van der Waals surface area contributed by atoms with Gasteiger partial charge < -0.3 is 9.47 Å². The average molecular weight is 277 g/mol. The highest BCUT2D eigenvalue weighted by Crippen LogP contribution is 2.34. The number of hydrogen-bond acceptors (Lipinski definition) is 4. The van der Waals surface area contributed by atoms with Crippen LogP contribution in [0.1, 0.15) is 44.5 Å². The average Bonchev–Trinajstić information content (AvgIpc) is 2.69. The van der Waals surface area contributed by atoms with Crippen LogP contribution in [0.3, 0.4) is 0 Å². The number of carbonyl (C=O) groups is 1. The van der Waals surface area contributed by atoms with Gasteiger partial charge in [-0.15, -0.1) is 0 Å². The molecule has 1 fully saturated rings. The molecule has 4 heteroatoms. The Morgan fingerprint density at radius 2 is 2.05 bits per heavy atom. The molecule has 20 heavy (non-hydrogen) atoms. The van der Waals surface area contributed by atoms with Crippen LogP contribution in [-0.4, -0.2) is 29.6 Å². The van der Waals surface area contributed by atoms with E-state index in [1.54, 1.807) is 18.5 Å². The van der Waals surface area contributed by atoms with Crippen LogP contribution in [0.5, 0.6) is 5.75 Å². The highest BCUT2D eigenvalue weighted by atomic mass is 16.5. The molecular weight excluding hydrogens is 254 g/mol. The second-order valence-electron chi connectivity index (χ2n) is 5.55. The van der Waals surface area contributed by atoms with Crippen molar-refractivity contribution in [3.63, 3.8) is 0 Å². The van der Waals surface area contributed by atoms with Gasteiger partial charge in [-0.05, 0) is 32.3 Å². The summed E-state index contributed by atoms with van der Waals surface area (Å²) in [4.78, 5) is 16.8. The minimum Gasteiger partial charge on any atom is -0.492 e. The van der Waals surface area contributed by atoms with Crippen LogP contribution in [0.4, 0.5) is 0 Å². The molecule has 4 unspecified atom stereocenters. The van der Waals surface area contributed by atoms with E-state index in [4.69, 9.17) is 9.47 Å². The summed E-state index contributed by atoms with van der Waals surface area (Å²) in [5.41, 5.74) is 0.611. The first-order chi connectivity index (χ1) is 9.54. The van der Waals surface area contributed by atoms with Gasteiger partial charge >= 0.3 is 0 Å². The van der Waals surface area contributed by atoms with E-state index in [1.165, 1.54) is 0 Å². The zero-order valence-electron chi connectivity index (χ0n) is 12.6. The van der Waals surface area contributed by atoms with E-state index in [0.717, 1.165) is 6.42 Å². The van der Waals surface area contributed by atoms with E-state index >= 15 is 0 Å². The summed E-state index contributed by atoms with van der Waals surface area (Å²) in [6, 6.07) is 1.79. The Bertz CT molecular complexity index is 475. The largest absolute Gasteiger partial charge is 0.492 e. The van der Waals surface area contributed by atoms with Crippen LogP contribution in [0.15, 0.2) is 18.5 Å². The topological polar surface area (TPSA) is 48.4 Å². The van der Waals surface area contributed by atoms with Crippen molar-refractivity contribution in [3.05, 3.63) is 24.0 Å². The zero-order valence-corrected chi connectivity index (χ0v) is 12.6. The fourth-order valence-electron chi connectivity index (χ4n) is 2.76. The third kappa shape index (κ3) is 3.01. The quantitative estimate of drug-likeness (QED) is 0.776. The standard InChI is InChI=1S/C16H23NO3/c1-5-6-19-14-7-13(8-17-9-14)16(18)15-10(2)11(3)20-12(15)4/h7-12,15H,5-6H2,1-4H3. The number of ketones is 1. The number of pyridine rings is 1. The van der Waals surface area contributed by atoms with Crippen molar-refractivity contribution in [2.24, 2.45) is 11.8 Å². The second-order valence-corrected chi connectivity index (χ2v) is 5.55. The van der Waals surface area contributed by atoms with Gasteiger partial charge in [-0.2, -0.15) is 0 Å². The maximum absolute atomic E-state index is 12.7. The summed E-state index contributed by atoms with van der Waals surface area (Å²) >= 11 is 0. The molecule has 0 amide bonds. The van der Waals surface area contributed by atoms with Gasteiger partial charge in [-0.3, -0.25) is 9.78 Å². The van der Waals surface area contributed by atoms with Crippen molar-refractivity contribution in [2.75, 3.05) is 6.61 Å². The lowest BCUT2D eigenvalue weighted by Crippen LogP contribution is -2.27. The van der Waals surface area contributed by atoms with Gasteiger partial charge in [-0.1, -0.05) is 13.8 Å². The number of nitrogens with zero attached hydrogens (tertiary/aromatic N) is 1. The molecule has 0 N–H and O–H groups in total. The molecule has 0 aliphatic carbocycles. The molecule has 1 aromatic heterocycles. The smallest absolute Gasteiger partial charge is 0.170 e. The lowest BCUT2D eigenvalue weighted by atomic mass is 9.84. The summed E-state index contributed by atoms with van der Waals surface area (Å²) in [7, 11) is 0. The lowest BCUT2D eigenvalue weighted by Gasteiger charge is -2.17. The predicted molar refractivity (Wildman–Crippen MR) is 77.0 cm³/mol. The van der Waals surface area contributed by atoms with E-state index in [9.17, 15) is 4.79 Å². The van der Waals surface area contributed by atoms with Crippen LogP contribution in [0, 0.1) is 11.8 Å². The first kappa shape index (κ1) is 15.0. The number of Topliss-reactive ketones (excluding diaryl/α,β-unsaturated/α-hetero) is 1. The number of rotatable bonds is 5. The fraction of sp³-hybridized carbons (Fsp3) is 0.625. The molecule has 1 aromatic rings. The van der Waals surface area contributed by atoms with Crippen molar-refractivity contribution >= 4 is 5.78 Å². The summed E-state index contributed by atoms with van der Waals surface area (Å²) in [5, 5.41) is 0. The fourth-order valence-corrected chi connectivity index (χ4v) is 2.76. The Balaban J connectivity index is 2.16. The molecule has 0 spiro atoms. The highest BCUT2D eigenvalue weighted by Gasteiger charge is 2.41. The Hall–Kier alpha value is -1.42. The molecule has 110 valence electrons. The Labute approximate surface area is 120 Å². The molecular formula is C16H23NO3. The maximum atomic E-state index is 12.7. The summed E-state index contributed by atoms with van der Waals surface area (Å²) in [6.45, 7) is 8.74. The minimum absolute atomic E-state index is 0.0484. The van der Waals surface area contributed by atoms with Gasteiger partial charge in [0.25, 0.3) is 0 Å². The maximum Gasteiger partial charge on any atom is 0.170 e. The molecule has 0 aromatic carbocycles. The van der Waals surface area contributed by atoms with Crippen LogP contribution >= 0.6 is 0 Å².